The highest BCUT2D eigenvalue weighted by molar-refractivity contribution is 5.82. The molecule has 0 spiro atoms. The Morgan fingerprint density at radius 2 is 1.83 bits per heavy atom. The Bertz CT molecular complexity index is 765. The van der Waals surface area contributed by atoms with Crippen LogP contribution in [0.5, 0.6) is 0 Å². The summed E-state index contributed by atoms with van der Waals surface area (Å²) >= 11 is 0. The smallest absolute Gasteiger partial charge is 0.332 e. The summed E-state index contributed by atoms with van der Waals surface area (Å²) in [6, 6.07) is 0. The van der Waals surface area contributed by atoms with Crippen molar-refractivity contribution in [1.82, 2.24) is 18.9 Å². The van der Waals surface area contributed by atoms with Crippen LogP contribution in [-0.2, 0) is 32.4 Å². The van der Waals surface area contributed by atoms with Gasteiger partial charge in [-0.1, -0.05) is 0 Å². The first kappa shape index (κ1) is 12.1. The minimum atomic E-state index is -1.06. The van der Waals surface area contributed by atoms with Crippen LogP contribution < -0.4 is 11.2 Å². The number of carboxylic acid groups (broad SMARTS) is 1. The first-order valence-corrected chi connectivity index (χ1v) is 5.18. The van der Waals surface area contributed by atoms with Crippen LogP contribution >= 0.6 is 0 Å². The molecule has 0 unspecified atom stereocenters. The van der Waals surface area contributed by atoms with Gasteiger partial charge in [-0.25, -0.2) is 4.79 Å². The average molecular weight is 252 g/mol. The summed E-state index contributed by atoms with van der Waals surface area (Å²) in [5.41, 5.74) is -0.541. The highest BCUT2D eigenvalue weighted by atomic mass is 16.4. The van der Waals surface area contributed by atoms with Gasteiger partial charge >= 0.3 is 11.7 Å². The van der Waals surface area contributed by atoms with E-state index in [0.29, 0.717) is 0 Å². The van der Waals surface area contributed by atoms with Gasteiger partial charge in [0.2, 0.25) is 0 Å². The predicted molar refractivity (Wildman–Crippen MR) is 62.5 cm³/mol. The third-order valence-corrected chi connectivity index (χ3v) is 2.88. The summed E-state index contributed by atoms with van der Waals surface area (Å²) in [6.07, 6.45) is -0.319. The van der Waals surface area contributed by atoms with E-state index in [9.17, 15) is 14.4 Å². The Morgan fingerprint density at radius 1 is 1.22 bits per heavy atom. The second-order valence-corrected chi connectivity index (χ2v) is 4.05. The standard InChI is InChI=1S/C10H12N4O4/c1-12-8-7(9(17)13(2)10(12)18)5(4-6(15)16)14(3)11-8/h4H2,1-3H3,(H,15,16). The van der Waals surface area contributed by atoms with E-state index < -0.39 is 17.2 Å². The number of nitrogens with zero attached hydrogens (tertiary/aromatic N) is 4. The van der Waals surface area contributed by atoms with E-state index >= 15 is 0 Å². The largest absolute Gasteiger partial charge is 0.481 e. The quantitative estimate of drug-likeness (QED) is 0.708. The highest BCUT2D eigenvalue weighted by Crippen LogP contribution is 2.12. The summed E-state index contributed by atoms with van der Waals surface area (Å²) in [6.45, 7) is 0. The molecule has 18 heavy (non-hydrogen) atoms. The van der Waals surface area contributed by atoms with Crippen molar-refractivity contribution in [3.05, 3.63) is 26.5 Å². The summed E-state index contributed by atoms with van der Waals surface area (Å²) in [5, 5.41) is 13.0. The molecule has 1 N–H and O–H groups in total. The molecule has 2 heterocycles. The normalized spacial score (nSPS) is 11.1. The molecule has 0 aliphatic rings. The summed E-state index contributed by atoms with van der Waals surface area (Å²) in [5.74, 6) is -1.06. The van der Waals surface area contributed by atoms with Crippen LogP contribution in [0, 0.1) is 0 Å². The Labute approximate surface area is 101 Å². The molecule has 0 saturated heterocycles. The molecule has 0 amide bonds. The maximum atomic E-state index is 12.0. The van der Waals surface area contributed by atoms with E-state index in [0.717, 1.165) is 4.57 Å². The van der Waals surface area contributed by atoms with Gasteiger partial charge in [-0.2, -0.15) is 5.10 Å². The van der Waals surface area contributed by atoms with Crippen LogP contribution in [0.3, 0.4) is 0 Å². The number of fused-ring (bicyclic) bond motifs is 1. The molecule has 0 atom stereocenters. The highest BCUT2D eigenvalue weighted by Gasteiger charge is 2.19. The Kier molecular flexibility index (Phi) is 2.57. The van der Waals surface area contributed by atoms with Gasteiger partial charge in [0.25, 0.3) is 5.56 Å². The van der Waals surface area contributed by atoms with Crippen molar-refractivity contribution < 1.29 is 9.90 Å². The predicted octanol–water partition coefficient (Wildman–Crippen LogP) is -1.40. The van der Waals surface area contributed by atoms with E-state index in [2.05, 4.69) is 5.10 Å². The SMILES string of the molecule is Cn1nc2c(c1CC(=O)O)c(=O)n(C)c(=O)n2C. The van der Waals surface area contributed by atoms with Crippen molar-refractivity contribution in [2.24, 2.45) is 21.1 Å². The minimum absolute atomic E-state index is 0.171. The van der Waals surface area contributed by atoms with E-state index in [4.69, 9.17) is 5.11 Å². The van der Waals surface area contributed by atoms with Crippen molar-refractivity contribution in [2.75, 3.05) is 0 Å². The first-order chi connectivity index (χ1) is 8.34. The number of rotatable bonds is 2. The zero-order valence-electron chi connectivity index (χ0n) is 10.2. The van der Waals surface area contributed by atoms with Crippen LogP contribution in [0.1, 0.15) is 5.69 Å². The molecule has 2 aromatic rings. The number of aliphatic carboxylic acids is 1. The molecular weight excluding hydrogens is 240 g/mol. The average Bonchev–Trinajstić information content (AvgIpc) is 2.61. The van der Waals surface area contributed by atoms with Gasteiger partial charge in [-0.05, 0) is 0 Å². The molecule has 0 radical (unpaired) electrons. The van der Waals surface area contributed by atoms with E-state index in [1.807, 2.05) is 0 Å². The van der Waals surface area contributed by atoms with Crippen molar-refractivity contribution in [3.8, 4) is 0 Å². The summed E-state index contributed by atoms with van der Waals surface area (Å²) < 4.78 is 3.48. The van der Waals surface area contributed by atoms with E-state index in [1.54, 1.807) is 7.05 Å². The molecule has 0 aliphatic heterocycles. The minimum Gasteiger partial charge on any atom is -0.481 e. The maximum Gasteiger partial charge on any atom is 0.332 e. The second-order valence-electron chi connectivity index (χ2n) is 4.05. The van der Waals surface area contributed by atoms with Gasteiger partial charge in [0.1, 0.15) is 5.39 Å². The molecule has 8 heteroatoms. The number of hydrogen-bond donors (Lipinski definition) is 1. The van der Waals surface area contributed by atoms with E-state index in [-0.39, 0.29) is 23.1 Å². The molecular formula is C10H12N4O4. The monoisotopic (exact) mass is 252 g/mol. The van der Waals surface area contributed by atoms with Gasteiger partial charge in [-0.15, -0.1) is 0 Å². The van der Waals surface area contributed by atoms with Crippen molar-refractivity contribution in [1.29, 1.82) is 0 Å². The number of carbonyl (C=O) groups is 1. The summed E-state index contributed by atoms with van der Waals surface area (Å²) in [7, 11) is 4.38. The Morgan fingerprint density at radius 3 is 2.39 bits per heavy atom. The van der Waals surface area contributed by atoms with Crippen molar-refractivity contribution in [3.63, 3.8) is 0 Å². The lowest BCUT2D eigenvalue weighted by atomic mass is 10.2. The number of aryl methyl sites for hydroxylation is 2. The Balaban J connectivity index is 2.99. The maximum absolute atomic E-state index is 12.0. The van der Waals surface area contributed by atoms with Crippen molar-refractivity contribution in [2.45, 2.75) is 6.42 Å². The van der Waals surface area contributed by atoms with Gasteiger partial charge in [-0.3, -0.25) is 23.4 Å². The zero-order valence-corrected chi connectivity index (χ0v) is 10.2. The lowest BCUT2D eigenvalue weighted by molar-refractivity contribution is -0.136. The van der Waals surface area contributed by atoms with Gasteiger partial charge in [0, 0.05) is 21.1 Å². The molecule has 0 fully saturated rings. The topological polar surface area (TPSA) is 99.1 Å². The van der Waals surface area contributed by atoms with Crippen LogP contribution in [0.15, 0.2) is 9.59 Å². The first-order valence-electron chi connectivity index (χ1n) is 5.18. The molecule has 0 saturated carbocycles. The van der Waals surface area contributed by atoms with Gasteiger partial charge < -0.3 is 5.11 Å². The third-order valence-electron chi connectivity index (χ3n) is 2.88. The van der Waals surface area contributed by atoms with Gasteiger partial charge in [0.15, 0.2) is 5.65 Å². The van der Waals surface area contributed by atoms with Crippen LogP contribution in [0.25, 0.3) is 11.0 Å². The Hall–Kier alpha value is -2.38. The second kappa shape index (κ2) is 3.83. The molecule has 2 rings (SSSR count). The summed E-state index contributed by atoms with van der Waals surface area (Å²) in [4.78, 5) is 34.5. The molecule has 8 nitrogen and oxygen atoms in total. The third kappa shape index (κ3) is 1.53. The number of aromatic nitrogens is 4. The lowest BCUT2D eigenvalue weighted by Crippen LogP contribution is -2.37. The fraction of sp³-hybridized carbons (Fsp3) is 0.400. The zero-order chi connectivity index (χ0) is 13.6. The molecule has 2 aromatic heterocycles. The molecule has 0 aliphatic carbocycles. The number of hydrogen-bond acceptors (Lipinski definition) is 4. The molecule has 96 valence electrons. The van der Waals surface area contributed by atoms with Crippen LogP contribution in [0.2, 0.25) is 0 Å². The molecule has 0 aromatic carbocycles. The fourth-order valence-corrected chi connectivity index (χ4v) is 1.91. The van der Waals surface area contributed by atoms with Gasteiger partial charge in [0.05, 0.1) is 12.1 Å². The van der Waals surface area contributed by atoms with E-state index in [1.165, 1.54) is 23.3 Å². The molecule has 0 bridgehead atoms. The lowest BCUT2D eigenvalue weighted by Gasteiger charge is -2.02. The van der Waals surface area contributed by atoms with Crippen LogP contribution in [0.4, 0.5) is 0 Å². The van der Waals surface area contributed by atoms with Crippen LogP contribution in [-0.4, -0.2) is 30.0 Å². The number of carboxylic acids is 1. The fourth-order valence-electron chi connectivity index (χ4n) is 1.91. The van der Waals surface area contributed by atoms with Crippen molar-refractivity contribution >= 4 is 17.0 Å².